The zero-order valence-corrected chi connectivity index (χ0v) is 46.4. The van der Waals surface area contributed by atoms with Crippen LogP contribution in [0.4, 0.5) is 0 Å². The van der Waals surface area contributed by atoms with Crippen LogP contribution >= 0.6 is 0 Å². The Morgan fingerprint density at radius 1 is 0.309 bits per heavy atom. The number of unbranched alkanes of at least 4 members (excludes halogenated alkanes) is 43. The fourth-order valence-electron chi connectivity index (χ4n) is 9.33. The Balaban J connectivity index is 4.22. The van der Waals surface area contributed by atoms with Crippen LogP contribution < -0.4 is 0 Å². The van der Waals surface area contributed by atoms with E-state index >= 15 is 0 Å². The lowest BCUT2D eigenvalue weighted by molar-refractivity contribution is -0.163. The molecule has 0 heterocycles. The van der Waals surface area contributed by atoms with Crippen molar-refractivity contribution in [3.05, 3.63) is 24.3 Å². The van der Waals surface area contributed by atoms with Gasteiger partial charge >= 0.3 is 11.9 Å². The first-order chi connectivity index (χ1) is 33.6. The predicted molar refractivity (Wildman–Crippen MR) is 298 cm³/mol. The van der Waals surface area contributed by atoms with E-state index in [9.17, 15) is 9.59 Å². The lowest BCUT2D eigenvalue weighted by Gasteiger charge is -2.18. The number of carbonyl (C=O) groups excluding carboxylic acids is 2. The van der Waals surface area contributed by atoms with Crippen LogP contribution in [0.25, 0.3) is 0 Å². The van der Waals surface area contributed by atoms with Gasteiger partial charge in [-0.1, -0.05) is 283 Å². The van der Waals surface area contributed by atoms with Crippen molar-refractivity contribution < 1.29 is 23.8 Å². The molecule has 402 valence electrons. The van der Waals surface area contributed by atoms with Crippen LogP contribution in [-0.2, 0) is 23.8 Å². The van der Waals surface area contributed by atoms with Gasteiger partial charge in [-0.3, -0.25) is 9.59 Å². The third kappa shape index (κ3) is 57.0. The Kier molecular flexibility index (Phi) is 58.3. The van der Waals surface area contributed by atoms with Crippen molar-refractivity contribution in [2.24, 2.45) is 0 Å². The highest BCUT2D eigenvalue weighted by atomic mass is 16.6. The molecule has 0 amide bonds. The first-order valence-corrected chi connectivity index (χ1v) is 30.9. The molecule has 0 spiro atoms. The fraction of sp³-hybridized carbons (Fsp3) is 0.905. The Morgan fingerprint density at radius 2 is 0.574 bits per heavy atom. The second-order valence-corrected chi connectivity index (χ2v) is 21.0. The molecule has 0 aliphatic rings. The molecule has 0 aliphatic carbocycles. The zero-order valence-electron chi connectivity index (χ0n) is 46.4. The van der Waals surface area contributed by atoms with Crippen LogP contribution in [0.15, 0.2) is 24.3 Å². The van der Waals surface area contributed by atoms with Crippen LogP contribution in [0.5, 0.6) is 0 Å². The third-order valence-electron chi connectivity index (χ3n) is 14.0. The van der Waals surface area contributed by atoms with Gasteiger partial charge in [-0.15, -0.1) is 0 Å². The quantitative estimate of drug-likeness (QED) is 0.0345. The first-order valence-electron chi connectivity index (χ1n) is 30.9. The molecule has 0 aromatic rings. The molecule has 0 saturated carbocycles. The summed E-state index contributed by atoms with van der Waals surface area (Å²) in [4.78, 5) is 25.6. The second kappa shape index (κ2) is 59.7. The molecule has 0 N–H and O–H groups in total. The number of hydrogen-bond donors (Lipinski definition) is 0. The fourth-order valence-corrected chi connectivity index (χ4v) is 9.33. The maximum absolute atomic E-state index is 12.9. The summed E-state index contributed by atoms with van der Waals surface area (Å²) in [6.07, 6.45) is 72.1. The molecule has 5 nitrogen and oxygen atoms in total. The number of carbonyl (C=O) groups is 2. The van der Waals surface area contributed by atoms with Crippen LogP contribution in [0.1, 0.15) is 342 Å². The summed E-state index contributed by atoms with van der Waals surface area (Å²) in [6.45, 7) is 7.88. The Morgan fingerprint density at radius 3 is 0.897 bits per heavy atom. The van der Waals surface area contributed by atoms with Gasteiger partial charge in [0.05, 0.1) is 6.61 Å². The van der Waals surface area contributed by atoms with Crippen LogP contribution in [0.3, 0.4) is 0 Å². The Labute approximate surface area is 426 Å². The zero-order chi connectivity index (χ0) is 49.2. The number of esters is 2. The topological polar surface area (TPSA) is 61.8 Å². The molecule has 5 heteroatoms. The standard InChI is InChI=1S/C63H120O5/c1-4-7-10-13-16-19-22-25-28-31-32-34-35-38-41-44-47-50-53-56-62(64)67-60-61(59-66-58-55-52-49-46-43-40-37-30-27-24-21-18-15-12-9-6-3)68-63(65)57-54-51-48-45-42-39-36-33-29-26-23-20-17-14-11-8-5-2/h25,27-28,30,61H,4-24,26,29,31-60H2,1-3H3/b28-25-,30-27-. The van der Waals surface area contributed by atoms with Gasteiger partial charge in [-0.2, -0.15) is 0 Å². The molecule has 68 heavy (non-hydrogen) atoms. The molecule has 1 atom stereocenters. The minimum Gasteiger partial charge on any atom is -0.462 e. The highest BCUT2D eigenvalue weighted by Crippen LogP contribution is 2.17. The summed E-state index contributed by atoms with van der Waals surface area (Å²) in [5.74, 6) is -0.378. The lowest BCUT2D eigenvalue weighted by Crippen LogP contribution is -2.30. The first kappa shape index (κ1) is 66.4. The number of allylic oxidation sites excluding steroid dienone is 4. The number of rotatable bonds is 58. The monoisotopic (exact) mass is 957 g/mol. The average molecular weight is 958 g/mol. The molecule has 0 aliphatic heterocycles. The van der Waals surface area contributed by atoms with Gasteiger partial charge in [-0.25, -0.2) is 0 Å². The van der Waals surface area contributed by atoms with Gasteiger partial charge < -0.3 is 14.2 Å². The van der Waals surface area contributed by atoms with Crippen LogP contribution in [0, 0.1) is 0 Å². The summed E-state index contributed by atoms with van der Waals surface area (Å²) in [7, 11) is 0. The highest BCUT2D eigenvalue weighted by molar-refractivity contribution is 5.70. The highest BCUT2D eigenvalue weighted by Gasteiger charge is 2.18. The number of ether oxygens (including phenoxy) is 3. The van der Waals surface area contributed by atoms with Crippen molar-refractivity contribution >= 4 is 11.9 Å². The van der Waals surface area contributed by atoms with E-state index in [0.29, 0.717) is 26.1 Å². The van der Waals surface area contributed by atoms with E-state index in [2.05, 4.69) is 45.1 Å². The maximum atomic E-state index is 12.9. The molecule has 0 rings (SSSR count). The SMILES string of the molecule is CCCCCCCC/C=C\CCCCCCCCCCCC(=O)OCC(COCCCCCCCC/C=C\CCCCCCCC)OC(=O)CCCCCCCCCCCCCCCCCCC. The predicted octanol–water partition coefficient (Wildman–Crippen LogP) is 21.1. The van der Waals surface area contributed by atoms with Crippen LogP contribution in [-0.4, -0.2) is 37.9 Å². The van der Waals surface area contributed by atoms with E-state index in [1.165, 1.54) is 270 Å². The smallest absolute Gasteiger partial charge is 0.306 e. The summed E-state index contributed by atoms with van der Waals surface area (Å²) in [5, 5.41) is 0. The van der Waals surface area contributed by atoms with E-state index in [1.807, 2.05) is 0 Å². The molecule has 0 radical (unpaired) electrons. The van der Waals surface area contributed by atoms with Crippen molar-refractivity contribution in [1.82, 2.24) is 0 Å². The molecule has 0 bridgehead atoms. The van der Waals surface area contributed by atoms with Crippen LogP contribution in [0.2, 0.25) is 0 Å². The summed E-state index contributed by atoms with van der Waals surface area (Å²) < 4.78 is 17.5. The largest absolute Gasteiger partial charge is 0.462 e. The molecule has 1 unspecified atom stereocenters. The van der Waals surface area contributed by atoms with Crippen molar-refractivity contribution in [2.45, 2.75) is 348 Å². The van der Waals surface area contributed by atoms with Gasteiger partial charge in [0.15, 0.2) is 6.10 Å². The molecule has 0 aromatic heterocycles. The summed E-state index contributed by atoms with van der Waals surface area (Å²) in [6, 6.07) is 0. The Hall–Kier alpha value is -1.62. The summed E-state index contributed by atoms with van der Waals surface area (Å²) in [5.41, 5.74) is 0. The van der Waals surface area contributed by atoms with Crippen molar-refractivity contribution in [3.63, 3.8) is 0 Å². The van der Waals surface area contributed by atoms with E-state index in [0.717, 1.165) is 38.5 Å². The lowest BCUT2D eigenvalue weighted by atomic mass is 10.0. The van der Waals surface area contributed by atoms with Crippen molar-refractivity contribution in [3.8, 4) is 0 Å². The van der Waals surface area contributed by atoms with E-state index in [4.69, 9.17) is 14.2 Å². The average Bonchev–Trinajstić information content (AvgIpc) is 3.34. The number of hydrogen-bond acceptors (Lipinski definition) is 5. The van der Waals surface area contributed by atoms with E-state index in [-0.39, 0.29) is 18.5 Å². The Bertz CT molecular complexity index is 1040. The van der Waals surface area contributed by atoms with Gasteiger partial charge in [0.1, 0.15) is 6.61 Å². The minimum absolute atomic E-state index is 0.0892. The maximum Gasteiger partial charge on any atom is 0.306 e. The third-order valence-corrected chi connectivity index (χ3v) is 14.0. The second-order valence-electron chi connectivity index (χ2n) is 21.0. The minimum atomic E-state index is -0.535. The van der Waals surface area contributed by atoms with Crippen molar-refractivity contribution in [2.75, 3.05) is 19.8 Å². The molecular formula is C63H120O5. The van der Waals surface area contributed by atoms with Gasteiger partial charge in [0.2, 0.25) is 0 Å². The van der Waals surface area contributed by atoms with Gasteiger partial charge in [0, 0.05) is 19.4 Å². The summed E-state index contributed by atoms with van der Waals surface area (Å²) >= 11 is 0. The van der Waals surface area contributed by atoms with Crippen molar-refractivity contribution in [1.29, 1.82) is 0 Å². The van der Waals surface area contributed by atoms with Gasteiger partial charge in [-0.05, 0) is 70.6 Å². The molecule has 0 aromatic carbocycles. The normalized spacial score (nSPS) is 12.2. The molecule has 0 saturated heterocycles. The molecular weight excluding hydrogens is 837 g/mol. The van der Waals surface area contributed by atoms with E-state index < -0.39 is 6.10 Å². The van der Waals surface area contributed by atoms with Gasteiger partial charge in [0.25, 0.3) is 0 Å². The van der Waals surface area contributed by atoms with E-state index in [1.54, 1.807) is 0 Å². The molecule has 0 fully saturated rings.